The predicted molar refractivity (Wildman–Crippen MR) is 114 cm³/mol. The van der Waals surface area contributed by atoms with Crippen LogP contribution in [-0.2, 0) is 11.2 Å². The molecular formula is C21H26N4O2S. The fourth-order valence-electron chi connectivity index (χ4n) is 3.13. The first kappa shape index (κ1) is 20.2. The number of aryl methyl sites for hydroxylation is 1. The number of anilines is 1. The Balaban J connectivity index is 1.82. The Labute approximate surface area is 169 Å². The van der Waals surface area contributed by atoms with Crippen molar-refractivity contribution in [1.82, 2.24) is 14.9 Å². The zero-order chi connectivity index (χ0) is 20.1. The third-order valence-corrected chi connectivity index (χ3v) is 5.92. The largest absolute Gasteiger partial charge is 0.462 e. The molecule has 3 rings (SSSR count). The third-order valence-electron chi connectivity index (χ3n) is 4.74. The molecule has 0 aliphatic rings. The number of hydrogen-bond acceptors (Lipinski definition) is 7. The van der Waals surface area contributed by atoms with Gasteiger partial charge in [-0.1, -0.05) is 30.3 Å². The summed E-state index contributed by atoms with van der Waals surface area (Å²) in [7, 11) is 4.17. The highest BCUT2D eigenvalue weighted by molar-refractivity contribution is 7.20. The summed E-state index contributed by atoms with van der Waals surface area (Å²) in [6, 6.07) is 10.8. The van der Waals surface area contributed by atoms with Crippen molar-refractivity contribution in [3.05, 3.63) is 52.7 Å². The Morgan fingerprint density at radius 3 is 2.68 bits per heavy atom. The number of hydrogen-bond donors (Lipinski definition) is 1. The summed E-state index contributed by atoms with van der Waals surface area (Å²) < 4.78 is 5.17. The van der Waals surface area contributed by atoms with Crippen LogP contribution >= 0.6 is 11.3 Å². The number of fused-ring (bicyclic) bond motifs is 1. The normalized spacial score (nSPS) is 12.3. The van der Waals surface area contributed by atoms with Crippen LogP contribution in [0.4, 0.5) is 5.82 Å². The van der Waals surface area contributed by atoms with Gasteiger partial charge in [-0.15, -0.1) is 11.3 Å². The van der Waals surface area contributed by atoms with E-state index in [2.05, 4.69) is 58.5 Å². The third kappa shape index (κ3) is 4.48. The average Bonchev–Trinajstić information content (AvgIpc) is 3.03. The van der Waals surface area contributed by atoms with Crippen molar-refractivity contribution >= 4 is 33.3 Å². The molecule has 0 saturated carbocycles. The fourth-order valence-corrected chi connectivity index (χ4v) is 4.18. The molecule has 1 N–H and O–H groups in total. The summed E-state index contributed by atoms with van der Waals surface area (Å²) in [5.74, 6) is 0.457. The zero-order valence-electron chi connectivity index (χ0n) is 16.7. The highest BCUT2D eigenvalue weighted by atomic mass is 32.1. The molecule has 0 saturated heterocycles. The summed E-state index contributed by atoms with van der Waals surface area (Å²) in [6.45, 7) is 4.82. The average molecular weight is 399 g/mol. The molecule has 0 radical (unpaired) electrons. The highest BCUT2D eigenvalue weighted by Gasteiger charge is 2.21. The first-order chi connectivity index (χ1) is 13.5. The number of carbonyl (C=O) groups is 1. The lowest BCUT2D eigenvalue weighted by molar-refractivity contribution is 0.0531. The van der Waals surface area contributed by atoms with Crippen LogP contribution in [0, 0.1) is 6.92 Å². The van der Waals surface area contributed by atoms with E-state index in [0.29, 0.717) is 17.5 Å². The van der Waals surface area contributed by atoms with Crippen LogP contribution in [0.2, 0.25) is 0 Å². The van der Waals surface area contributed by atoms with E-state index in [1.165, 1.54) is 23.2 Å². The van der Waals surface area contributed by atoms with Gasteiger partial charge in [-0.2, -0.15) is 0 Å². The van der Waals surface area contributed by atoms with E-state index < -0.39 is 0 Å². The van der Waals surface area contributed by atoms with Gasteiger partial charge in [0.25, 0.3) is 0 Å². The van der Waals surface area contributed by atoms with Crippen LogP contribution in [0.1, 0.15) is 27.7 Å². The molecule has 0 aliphatic carbocycles. The molecule has 0 amide bonds. The first-order valence-electron chi connectivity index (χ1n) is 9.36. The van der Waals surface area contributed by atoms with Gasteiger partial charge in [0.1, 0.15) is 21.9 Å². The number of thiophene rings is 1. The van der Waals surface area contributed by atoms with Gasteiger partial charge < -0.3 is 15.0 Å². The zero-order valence-corrected chi connectivity index (χ0v) is 17.5. The summed E-state index contributed by atoms with van der Waals surface area (Å²) >= 11 is 1.35. The van der Waals surface area contributed by atoms with E-state index in [9.17, 15) is 4.79 Å². The number of ether oxygens (including phenoxy) is 1. The minimum absolute atomic E-state index is 0.302. The van der Waals surface area contributed by atoms with Crippen molar-refractivity contribution in [2.45, 2.75) is 26.3 Å². The number of likely N-dealkylation sites (N-methyl/N-ethyl adjacent to an activating group) is 1. The Morgan fingerprint density at radius 1 is 1.25 bits per heavy atom. The molecule has 1 unspecified atom stereocenters. The molecule has 0 bridgehead atoms. The van der Waals surface area contributed by atoms with Crippen LogP contribution in [-0.4, -0.2) is 54.1 Å². The number of carbonyl (C=O) groups excluding carboxylic acids is 1. The summed E-state index contributed by atoms with van der Waals surface area (Å²) in [6.07, 6.45) is 2.48. The second-order valence-corrected chi connectivity index (χ2v) is 7.87. The standard InChI is InChI=1S/C21H26N4O2S/c1-5-27-21(26)18-14(2)17-19(23-13-24-20(17)28-18)22-12-16(25(3)4)11-15-9-7-6-8-10-15/h6-10,13,16H,5,11-12H2,1-4H3,(H,22,23,24). The molecule has 2 aromatic heterocycles. The van der Waals surface area contributed by atoms with Crippen molar-refractivity contribution in [3.63, 3.8) is 0 Å². The monoisotopic (exact) mass is 398 g/mol. The number of aromatic nitrogens is 2. The second-order valence-electron chi connectivity index (χ2n) is 6.87. The molecular weight excluding hydrogens is 372 g/mol. The van der Waals surface area contributed by atoms with Crippen molar-refractivity contribution in [1.29, 1.82) is 0 Å². The van der Waals surface area contributed by atoms with Gasteiger partial charge in [-0.25, -0.2) is 14.8 Å². The fraction of sp³-hybridized carbons (Fsp3) is 0.381. The molecule has 0 spiro atoms. The van der Waals surface area contributed by atoms with Gasteiger partial charge in [0.15, 0.2) is 0 Å². The number of nitrogens with zero attached hydrogens (tertiary/aromatic N) is 3. The van der Waals surface area contributed by atoms with Crippen LogP contribution < -0.4 is 5.32 Å². The lowest BCUT2D eigenvalue weighted by Gasteiger charge is -2.25. The summed E-state index contributed by atoms with van der Waals surface area (Å²) in [4.78, 5) is 24.6. The van der Waals surface area contributed by atoms with Crippen molar-refractivity contribution in [3.8, 4) is 0 Å². The molecule has 2 heterocycles. The lowest BCUT2D eigenvalue weighted by atomic mass is 10.1. The number of benzene rings is 1. The molecule has 1 aromatic carbocycles. The second kappa shape index (κ2) is 9.12. The molecule has 1 atom stereocenters. The minimum Gasteiger partial charge on any atom is -0.462 e. The van der Waals surface area contributed by atoms with E-state index in [1.807, 2.05) is 19.9 Å². The first-order valence-corrected chi connectivity index (χ1v) is 10.2. The van der Waals surface area contributed by atoms with Gasteiger partial charge in [-0.05, 0) is 45.5 Å². The highest BCUT2D eigenvalue weighted by Crippen LogP contribution is 2.33. The Bertz CT molecular complexity index is 940. The molecule has 0 fully saturated rings. The Hall–Kier alpha value is -2.51. The molecule has 3 aromatic rings. The van der Waals surface area contributed by atoms with E-state index >= 15 is 0 Å². The van der Waals surface area contributed by atoms with E-state index in [4.69, 9.17) is 4.74 Å². The molecule has 6 nitrogen and oxygen atoms in total. The summed E-state index contributed by atoms with van der Waals surface area (Å²) in [5, 5.41) is 4.37. The van der Waals surface area contributed by atoms with Crippen LogP contribution in [0.3, 0.4) is 0 Å². The SMILES string of the molecule is CCOC(=O)c1sc2ncnc(NCC(Cc3ccccc3)N(C)C)c2c1C. The molecule has 148 valence electrons. The van der Waals surface area contributed by atoms with E-state index in [0.717, 1.165) is 34.6 Å². The van der Waals surface area contributed by atoms with Gasteiger partial charge in [0, 0.05) is 12.6 Å². The molecule has 0 aliphatic heterocycles. The lowest BCUT2D eigenvalue weighted by Crippen LogP contribution is -2.36. The smallest absolute Gasteiger partial charge is 0.348 e. The number of nitrogens with one attached hydrogen (secondary N) is 1. The van der Waals surface area contributed by atoms with Crippen molar-refractivity contribution in [2.75, 3.05) is 32.6 Å². The van der Waals surface area contributed by atoms with E-state index in [1.54, 1.807) is 0 Å². The maximum Gasteiger partial charge on any atom is 0.348 e. The minimum atomic E-state index is -0.302. The quantitative estimate of drug-likeness (QED) is 0.583. The number of rotatable bonds is 8. The van der Waals surface area contributed by atoms with E-state index in [-0.39, 0.29) is 5.97 Å². The van der Waals surface area contributed by atoms with Crippen LogP contribution in [0.15, 0.2) is 36.7 Å². The van der Waals surface area contributed by atoms with Gasteiger partial charge in [-0.3, -0.25) is 0 Å². The summed E-state index contributed by atoms with van der Waals surface area (Å²) in [5.41, 5.74) is 2.16. The maximum absolute atomic E-state index is 12.2. The van der Waals surface area contributed by atoms with Crippen molar-refractivity contribution < 1.29 is 9.53 Å². The van der Waals surface area contributed by atoms with Gasteiger partial charge in [0.05, 0.1) is 12.0 Å². The molecule has 7 heteroatoms. The van der Waals surface area contributed by atoms with Gasteiger partial charge >= 0.3 is 5.97 Å². The van der Waals surface area contributed by atoms with Gasteiger partial charge in [0.2, 0.25) is 0 Å². The topological polar surface area (TPSA) is 67.3 Å². The van der Waals surface area contributed by atoms with Crippen LogP contribution in [0.5, 0.6) is 0 Å². The number of esters is 1. The van der Waals surface area contributed by atoms with Crippen molar-refractivity contribution in [2.24, 2.45) is 0 Å². The maximum atomic E-state index is 12.2. The Kier molecular flexibility index (Phi) is 6.59. The Morgan fingerprint density at radius 2 is 2.00 bits per heavy atom. The van der Waals surface area contributed by atoms with Crippen LogP contribution in [0.25, 0.3) is 10.2 Å². The predicted octanol–water partition coefficient (Wildman–Crippen LogP) is 3.76. The molecule has 28 heavy (non-hydrogen) atoms.